The molecular weight excluding hydrogens is 689 g/mol. The molecule has 11 rings (SSSR count). The molecule has 0 unspecified atom stereocenters. The van der Waals surface area contributed by atoms with Crippen LogP contribution in [0.15, 0.2) is 186 Å². The van der Waals surface area contributed by atoms with Gasteiger partial charge < -0.3 is 14.2 Å². The number of nitrogens with zero attached hydrogens (tertiary/aromatic N) is 2. The fraction of sp³-hybridized carbons (Fsp3) is 0.0588. The van der Waals surface area contributed by atoms with Crippen LogP contribution in [0.25, 0.3) is 53.2 Å². The highest BCUT2D eigenvalue weighted by Gasteiger charge is 2.37. The quantitative estimate of drug-likeness (QED) is 0.176. The van der Waals surface area contributed by atoms with E-state index in [-0.39, 0.29) is 5.41 Å². The fourth-order valence-electron chi connectivity index (χ4n) is 8.77. The number of hydrogen-bond donors (Lipinski definition) is 0. The third-order valence-corrected chi connectivity index (χ3v) is 12.6. The summed E-state index contributed by atoms with van der Waals surface area (Å²) in [5, 5.41) is 4.80. The molecule has 0 aliphatic carbocycles. The summed E-state index contributed by atoms with van der Waals surface area (Å²) in [4.78, 5) is 4.79. The van der Waals surface area contributed by atoms with Crippen LogP contribution in [0, 0.1) is 0 Å². The third kappa shape index (κ3) is 4.95. The molecule has 0 amide bonds. The number of anilines is 6. The first kappa shape index (κ1) is 31.9. The highest BCUT2D eigenvalue weighted by atomic mass is 32.1. The molecule has 3 nitrogen and oxygen atoms in total. The van der Waals surface area contributed by atoms with Gasteiger partial charge in [-0.2, -0.15) is 0 Å². The van der Waals surface area contributed by atoms with Gasteiger partial charge in [0.1, 0.15) is 11.2 Å². The maximum absolute atomic E-state index is 6.71. The van der Waals surface area contributed by atoms with Gasteiger partial charge >= 0.3 is 0 Å². The maximum Gasteiger partial charge on any atom is 0.143 e. The summed E-state index contributed by atoms with van der Waals surface area (Å²) in [5.74, 6) is 0. The predicted octanol–water partition coefficient (Wildman–Crippen LogP) is 15.2. The molecule has 0 atom stereocenters. The summed E-state index contributed by atoms with van der Waals surface area (Å²) in [5.41, 5.74) is 13.3. The van der Waals surface area contributed by atoms with E-state index in [2.05, 4.69) is 200 Å². The number of benzene rings is 8. The van der Waals surface area contributed by atoms with Crippen molar-refractivity contribution in [2.75, 3.05) is 9.80 Å². The maximum atomic E-state index is 6.71. The largest absolute Gasteiger partial charge is 0.455 e. The lowest BCUT2D eigenvalue weighted by Gasteiger charge is -2.42. The van der Waals surface area contributed by atoms with E-state index >= 15 is 0 Å². The predicted molar refractivity (Wildman–Crippen MR) is 234 cm³/mol. The van der Waals surface area contributed by atoms with Crippen molar-refractivity contribution in [1.29, 1.82) is 0 Å². The molecular formula is C51H36N2OS. The zero-order valence-corrected chi connectivity index (χ0v) is 31.3. The first-order valence-electron chi connectivity index (χ1n) is 18.8. The highest BCUT2D eigenvalue weighted by Crippen LogP contribution is 2.53. The van der Waals surface area contributed by atoms with Crippen molar-refractivity contribution in [3.05, 3.63) is 193 Å². The van der Waals surface area contributed by atoms with Gasteiger partial charge in [0.15, 0.2) is 0 Å². The molecule has 0 N–H and O–H groups in total. The molecule has 0 radical (unpaired) electrons. The minimum atomic E-state index is -0.138. The summed E-state index contributed by atoms with van der Waals surface area (Å²) in [6.07, 6.45) is 0. The zero-order valence-electron chi connectivity index (χ0n) is 30.5. The van der Waals surface area contributed by atoms with Crippen molar-refractivity contribution in [2.45, 2.75) is 19.3 Å². The lowest BCUT2D eigenvalue weighted by atomic mass is 9.73. The second-order valence-electron chi connectivity index (χ2n) is 15.0. The number of fused-ring (bicyclic) bond motifs is 8. The second-order valence-corrected chi connectivity index (χ2v) is 16.0. The molecule has 0 bridgehead atoms. The van der Waals surface area contributed by atoms with Crippen molar-refractivity contribution < 1.29 is 4.42 Å². The number of rotatable bonds is 5. The van der Waals surface area contributed by atoms with Crippen LogP contribution in [0.3, 0.4) is 0 Å². The summed E-state index contributed by atoms with van der Waals surface area (Å²) in [6.45, 7) is 4.67. The topological polar surface area (TPSA) is 19.6 Å². The Morgan fingerprint density at radius 3 is 1.85 bits per heavy atom. The van der Waals surface area contributed by atoms with E-state index in [9.17, 15) is 0 Å². The van der Waals surface area contributed by atoms with Crippen LogP contribution in [0.4, 0.5) is 34.1 Å². The Morgan fingerprint density at radius 2 is 1.09 bits per heavy atom. The standard InChI is InChI=1S/C51H36N2OS/c1-51(2)43-18-8-10-20-45(43)53(46-21-11-9-19-44(46)51)37-31-40(50-42(32-37)38-16-6-12-22-47(38)54-50)33-24-26-35(27-25-33)52(34-14-4-3-5-15-34)36-28-29-49-41(30-36)39-17-7-13-23-48(39)55-49/h3-32H,1-2H3. The molecule has 0 fully saturated rings. The number of thiophene rings is 1. The van der Waals surface area contributed by atoms with Crippen LogP contribution in [0.2, 0.25) is 0 Å². The van der Waals surface area contributed by atoms with Gasteiger partial charge in [0.05, 0.1) is 11.4 Å². The van der Waals surface area contributed by atoms with Crippen LogP contribution in [-0.2, 0) is 5.41 Å². The Morgan fingerprint density at radius 1 is 0.491 bits per heavy atom. The Hall–Kier alpha value is -6.62. The van der Waals surface area contributed by atoms with Crippen LogP contribution in [-0.4, -0.2) is 0 Å². The lowest BCUT2D eigenvalue weighted by Crippen LogP contribution is -2.30. The Labute approximate surface area is 323 Å². The molecule has 10 aromatic rings. The first-order chi connectivity index (χ1) is 27.0. The molecule has 0 spiro atoms. The molecule has 1 aliphatic heterocycles. The summed E-state index contributed by atoms with van der Waals surface area (Å²) in [7, 11) is 0. The monoisotopic (exact) mass is 724 g/mol. The molecule has 262 valence electrons. The van der Waals surface area contributed by atoms with Gasteiger partial charge in [-0.05, 0) is 95.6 Å². The van der Waals surface area contributed by atoms with Gasteiger partial charge in [0, 0.05) is 64.7 Å². The van der Waals surface area contributed by atoms with Crippen LogP contribution < -0.4 is 9.80 Å². The number of para-hydroxylation sites is 4. The van der Waals surface area contributed by atoms with Gasteiger partial charge in [0.2, 0.25) is 0 Å². The molecule has 0 saturated carbocycles. The van der Waals surface area contributed by atoms with Gasteiger partial charge in [0.25, 0.3) is 0 Å². The van der Waals surface area contributed by atoms with Crippen molar-refractivity contribution in [2.24, 2.45) is 0 Å². The van der Waals surface area contributed by atoms with E-state index in [0.717, 1.165) is 55.8 Å². The summed E-state index contributed by atoms with van der Waals surface area (Å²) < 4.78 is 9.32. The molecule has 8 aromatic carbocycles. The van der Waals surface area contributed by atoms with E-state index < -0.39 is 0 Å². The molecule has 3 heterocycles. The minimum absolute atomic E-state index is 0.138. The molecule has 2 aromatic heterocycles. The Bertz CT molecular complexity index is 3030. The lowest BCUT2D eigenvalue weighted by molar-refractivity contribution is 0.632. The first-order valence-corrected chi connectivity index (χ1v) is 19.7. The summed E-state index contributed by atoms with van der Waals surface area (Å²) in [6, 6.07) is 65.9. The van der Waals surface area contributed by atoms with Gasteiger partial charge in [-0.3, -0.25) is 0 Å². The van der Waals surface area contributed by atoms with Gasteiger partial charge in [-0.25, -0.2) is 0 Å². The Kier molecular flexibility index (Phi) is 7.07. The van der Waals surface area contributed by atoms with E-state index in [0.29, 0.717) is 0 Å². The van der Waals surface area contributed by atoms with E-state index in [4.69, 9.17) is 4.42 Å². The normalized spacial score (nSPS) is 13.4. The summed E-state index contributed by atoms with van der Waals surface area (Å²) >= 11 is 1.85. The van der Waals surface area contributed by atoms with Crippen molar-refractivity contribution in [1.82, 2.24) is 0 Å². The van der Waals surface area contributed by atoms with Crippen LogP contribution >= 0.6 is 11.3 Å². The van der Waals surface area contributed by atoms with E-state index in [1.165, 1.54) is 42.7 Å². The smallest absolute Gasteiger partial charge is 0.143 e. The minimum Gasteiger partial charge on any atom is -0.455 e. The Balaban J connectivity index is 1.09. The molecule has 0 saturated heterocycles. The molecule has 4 heteroatoms. The van der Waals surface area contributed by atoms with E-state index in [1.54, 1.807) is 0 Å². The van der Waals surface area contributed by atoms with Gasteiger partial charge in [-0.1, -0.05) is 117 Å². The van der Waals surface area contributed by atoms with Crippen molar-refractivity contribution >= 4 is 87.6 Å². The SMILES string of the molecule is CC1(C)c2ccccc2N(c2cc(-c3ccc(N(c4ccccc4)c4ccc5sc6ccccc6c5c4)cc3)c3oc4ccccc4c3c2)c2ccccc21. The highest BCUT2D eigenvalue weighted by molar-refractivity contribution is 7.25. The second kappa shape index (κ2) is 12.2. The zero-order chi connectivity index (χ0) is 36.7. The number of hydrogen-bond acceptors (Lipinski definition) is 4. The average Bonchev–Trinajstić information content (AvgIpc) is 3.80. The number of furan rings is 1. The van der Waals surface area contributed by atoms with Crippen LogP contribution in [0.1, 0.15) is 25.0 Å². The van der Waals surface area contributed by atoms with Crippen molar-refractivity contribution in [3.8, 4) is 11.1 Å². The van der Waals surface area contributed by atoms with Crippen molar-refractivity contribution in [3.63, 3.8) is 0 Å². The fourth-order valence-corrected chi connectivity index (χ4v) is 9.86. The van der Waals surface area contributed by atoms with E-state index in [1.807, 2.05) is 17.4 Å². The molecule has 55 heavy (non-hydrogen) atoms. The molecule has 1 aliphatic rings. The van der Waals surface area contributed by atoms with Crippen LogP contribution in [0.5, 0.6) is 0 Å². The third-order valence-electron chi connectivity index (χ3n) is 11.4. The average molecular weight is 725 g/mol. The van der Waals surface area contributed by atoms with Gasteiger partial charge in [-0.15, -0.1) is 11.3 Å².